The van der Waals surface area contributed by atoms with Crippen LogP contribution in [0.1, 0.15) is 47.9 Å². The SMILES string of the molecule is COc1ccc(CNC(=O)c2c3c(n4ccccc24)C(=O)c2ccccc2C3=O)cc1OC. The molecule has 7 heteroatoms. The molecule has 4 aromatic rings. The maximum absolute atomic E-state index is 13.4. The Morgan fingerprint density at radius 2 is 1.58 bits per heavy atom. The molecule has 1 amide bonds. The van der Waals surface area contributed by atoms with Gasteiger partial charge in [0.2, 0.25) is 5.78 Å². The van der Waals surface area contributed by atoms with Crippen LogP contribution < -0.4 is 14.8 Å². The van der Waals surface area contributed by atoms with Crippen molar-refractivity contribution in [3.05, 3.63) is 100 Å². The van der Waals surface area contributed by atoms with E-state index in [1.54, 1.807) is 79.4 Å². The van der Waals surface area contributed by atoms with Crippen molar-refractivity contribution >= 4 is 23.0 Å². The number of hydrogen-bond acceptors (Lipinski definition) is 5. The van der Waals surface area contributed by atoms with Crippen LogP contribution in [0.5, 0.6) is 11.5 Å². The lowest BCUT2D eigenvalue weighted by Crippen LogP contribution is -2.27. The second-order valence-electron chi connectivity index (χ2n) is 7.63. The molecule has 33 heavy (non-hydrogen) atoms. The fourth-order valence-corrected chi connectivity index (χ4v) is 4.29. The third-order valence-corrected chi connectivity index (χ3v) is 5.83. The molecular weight excluding hydrogens is 420 g/mol. The Bertz CT molecular complexity index is 1450. The Morgan fingerprint density at radius 1 is 0.879 bits per heavy atom. The summed E-state index contributed by atoms with van der Waals surface area (Å²) in [6.45, 7) is 0.205. The molecule has 0 atom stereocenters. The number of ketones is 2. The predicted molar refractivity (Wildman–Crippen MR) is 121 cm³/mol. The molecule has 0 bridgehead atoms. The minimum atomic E-state index is -0.435. The quantitative estimate of drug-likeness (QED) is 0.451. The van der Waals surface area contributed by atoms with Gasteiger partial charge in [-0.15, -0.1) is 0 Å². The lowest BCUT2D eigenvalue weighted by Gasteiger charge is -2.15. The predicted octanol–water partition coefficient (Wildman–Crippen LogP) is 3.66. The number of nitrogens with one attached hydrogen (secondary N) is 1. The molecular formula is C26H20N2O5. The lowest BCUT2D eigenvalue weighted by atomic mass is 9.86. The van der Waals surface area contributed by atoms with Crippen molar-refractivity contribution in [2.24, 2.45) is 0 Å². The number of hydrogen-bond donors (Lipinski definition) is 1. The van der Waals surface area contributed by atoms with Crippen LogP contribution in [0.3, 0.4) is 0 Å². The summed E-state index contributed by atoms with van der Waals surface area (Å²) in [7, 11) is 3.09. The molecule has 2 aromatic heterocycles. The fourth-order valence-electron chi connectivity index (χ4n) is 4.29. The van der Waals surface area contributed by atoms with Crippen molar-refractivity contribution in [3.63, 3.8) is 0 Å². The molecule has 2 heterocycles. The molecule has 164 valence electrons. The second-order valence-corrected chi connectivity index (χ2v) is 7.63. The molecule has 1 aliphatic carbocycles. The molecule has 0 unspecified atom stereocenters. The summed E-state index contributed by atoms with van der Waals surface area (Å²) in [6, 6.07) is 17.3. The number of nitrogens with zero attached hydrogens (tertiary/aromatic N) is 1. The molecule has 0 saturated heterocycles. The number of aromatic nitrogens is 1. The van der Waals surface area contributed by atoms with E-state index in [-0.39, 0.29) is 34.9 Å². The number of ether oxygens (including phenoxy) is 2. The molecule has 1 N–H and O–H groups in total. The highest BCUT2D eigenvalue weighted by Gasteiger charge is 2.37. The molecule has 2 aromatic carbocycles. The summed E-state index contributed by atoms with van der Waals surface area (Å²) >= 11 is 0. The number of carbonyl (C=O) groups excluding carboxylic acids is 3. The third-order valence-electron chi connectivity index (χ3n) is 5.83. The van der Waals surface area contributed by atoms with Gasteiger partial charge >= 0.3 is 0 Å². The van der Waals surface area contributed by atoms with E-state index in [0.29, 0.717) is 28.1 Å². The van der Waals surface area contributed by atoms with Gasteiger partial charge < -0.3 is 19.2 Å². The molecule has 0 spiro atoms. The van der Waals surface area contributed by atoms with Crippen molar-refractivity contribution in [2.45, 2.75) is 6.54 Å². The van der Waals surface area contributed by atoms with Crippen LogP contribution in [0.2, 0.25) is 0 Å². The fraction of sp³-hybridized carbons (Fsp3) is 0.115. The average Bonchev–Trinajstić information content (AvgIpc) is 3.21. The van der Waals surface area contributed by atoms with Gasteiger partial charge in [-0.25, -0.2) is 0 Å². The van der Waals surface area contributed by atoms with Gasteiger partial charge in [0.15, 0.2) is 17.3 Å². The molecule has 1 aliphatic rings. The first-order chi connectivity index (χ1) is 16.0. The topological polar surface area (TPSA) is 86.1 Å². The van der Waals surface area contributed by atoms with Gasteiger partial charge in [-0.1, -0.05) is 36.4 Å². The Kier molecular flexibility index (Phi) is 4.94. The van der Waals surface area contributed by atoms with Crippen molar-refractivity contribution in [3.8, 4) is 11.5 Å². The van der Waals surface area contributed by atoms with E-state index in [2.05, 4.69) is 5.32 Å². The first kappa shape index (κ1) is 20.5. The Hall–Kier alpha value is -4.39. The number of fused-ring (bicyclic) bond motifs is 4. The second kappa shape index (κ2) is 7.94. The Morgan fingerprint density at radius 3 is 2.30 bits per heavy atom. The van der Waals surface area contributed by atoms with Gasteiger partial charge in [0.25, 0.3) is 5.91 Å². The van der Waals surface area contributed by atoms with Crippen LogP contribution in [0.25, 0.3) is 5.52 Å². The number of rotatable bonds is 5. The number of amides is 1. The molecule has 5 rings (SSSR count). The number of carbonyl (C=O) groups is 3. The van der Waals surface area contributed by atoms with E-state index < -0.39 is 5.91 Å². The molecule has 0 fully saturated rings. The normalized spacial score (nSPS) is 12.3. The van der Waals surface area contributed by atoms with E-state index in [4.69, 9.17) is 9.47 Å². The molecule has 0 radical (unpaired) electrons. The summed E-state index contributed by atoms with van der Waals surface area (Å²) in [5.41, 5.74) is 2.49. The molecule has 0 aliphatic heterocycles. The van der Waals surface area contributed by atoms with Crippen LogP contribution in [0, 0.1) is 0 Å². The van der Waals surface area contributed by atoms with Crippen molar-refractivity contribution in [1.29, 1.82) is 0 Å². The molecule has 7 nitrogen and oxygen atoms in total. The van der Waals surface area contributed by atoms with Crippen LogP contribution in [-0.2, 0) is 6.54 Å². The first-order valence-corrected chi connectivity index (χ1v) is 10.4. The third kappa shape index (κ3) is 3.17. The summed E-state index contributed by atoms with van der Waals surface area (Å²) < 4.78 is 12.2. The van der Waals surface area contributed by atoms with Gasteiger partial charge in [-0.3, -0.25) is 14.4 Å². The van der Waals surface area contributed by atoms with Gasteiger partial charge in [0.05, 0.1) is 30.9 Å². The largest absolute Gasteiger partial charge is 0.493 e. The lowest BCUT2D eigenvalue weighted by molar-refractivity contribution is 0.0938. The maximum Gasteiger partial charge on any atom is 0.254 e. The van der Waals surface area contributed by atoms with Gasteiger partial charge in [0, 0.05) is 23.9 Å². The van der Waals surface area contributed by atoms with E-state index >= 15 is 0 Å². The maximum atomic E-state index is 13.4. The van der Waals surface area contributed by atoms with Crippen LogP contribution in [0.15, 0.2) is 66.9 Å². The zero-order chi connectivity index (χ0) is 23.1. The Labute approximate surface area is 189 Å². The van der Waals surface area contributed by atoms with Crippen LogP contribution in [-0.4, -0.2) is 36.1 Å². The highest BCUT2D eigenvalue weighted by Crippen LogP contribution is 2.34. The van der Waals surface area contributed by atoms with Crippen LogP contribution >= 0.6 is 0 Å². The minimum Gasteiger partial charge on any atom is -0.493 e. The monoisotopic (exact) mass is 440 g/mol. The number of methoxy groups -OCH3 is 2. The number of benzene rings is 2. The van der Waals surface area contributed by atoms with E-state index in [1.807, 2.05) is 6.07 Å². The van der Waals surface area contributed by atoms with Crippen molar-refractivity contribution in [1.82, 2.24) is 9.72 Å². The highest BCUT2D eigenvalue weighted by molar-refractivity contribution is 6.32. The highest BCUT2D eigenvalue weighted by atomic mass is 16.5. The first-order valence-electron chi connectivity index (χ1n) is 10.4. The zero-order valence-corrected chi connectivity index (χ0v) is 18.0. The molecule has 0 saturated carbocycles. The summed E-state index contributed by atoms with van der Waals surface area (Å²) in [6.07, 6.45) is 1.69. The van der Waals surface area contributed by atoms with Crippen molar-refractivity contribution in [2.75, 3.05) is 14.2 Å². The summed E-state index contributed by atoms with van der Waals surface area (Å²) in [4.78, 5) is 40.0. The smallest absolute Gasteiger partial charge is 0.254 e. The van der Waals surface area contributed by atoms with Gasteiger partial charge in [-0.2, -0.15) is 0 Å². The minimum absolute atomic E-state index is 0.134. The van der Waals surface area contributed by atoms with E-state index in [1.165, 1.54) is 0 Å². The van der Waals surface area contributed by atoms with Gasteiger partial charge in [0.1, 0.15) is 5.69 Å². The van der Waals surface area contributed by atoms with E-state index in [0.717, 1.165) is 5.56 Å². The number of pyridine rings is 1. The summed E-state index contributed by atoms with van der Waals surface area (Å²) in [5, 5.41) is 2.88. The van der Waals surface area contributed by atoms with Crippen molar-refractivity contribution < 1.29 is 23.9 Å². The summed E-state index contributed by atoms with van der Waals surface area (Å²) in [5.74, 6) is 0.0898. The standard InChI is InChI=1S/C26H20N2O5/c1-32-19-11-10-15(13-20(19)33-2)14-27-26(31)21-18-9-5-6-12-28(18)23-22(21)24(29)16-7-3-4-8-17(16)25(23)30/h3-13H,14H2,1-2H3,(H,27,31). The average molecular weight is 440 g/mol. The van der Waals surface area contributed by atoms with Gasteiger partial charge in [-0.05, 0) is 29.8 Å². The van der Waals surface area contributed by atoms with E-state index in [9.17, 15) is 14.4 Å². The Balaban J connectivity index is 1.56. The van der Waals surface area contributed by atoms with Crippen LogP contribution in [0.4, 0.5) is 0 Å². The zero-order valence-electron chi connectivity index (χ0n) is 18.0.